The number of fused-ring (bicyclic) bond motifs is 4. The molecule has 0 saturated carbocycles. The second-order valence-electron chi connectivity index (χ2n) is 8.03. The minimum absolute atomic E-state index is 0.0881. The third-order valence-electron chi connectivity index (χ3n) is 6.15. The van der Waals surface area contributed by atoms with Gasteiger partial charge < -0.3 is 4.90 Å². The molecule has 0 bridgehead atoms. The van der Waals surface area contributed by atoms with Crippen molar-refractivity contribution in [2.45, 2.75) is 18.4 Å². The highest BCUT2D eigenvalue weighted by molar-refractivity contribution is 8.08. The molecule has 7 heteroatoms. The molecule has 0 fully saturated rings. The largest absolute Gasteiger partial charge is 0.337 e. The summed E-state index contributed by atoms with van der Waals surface area (Å²) in [6, 6.07) is 21.2. The molecule has 0 atom stereocenters. The zero-order valence-corrected chi connectivity index (χ0v) is 21.0. The van der Waals surface area contributed by atoms with Crippen molar-refractivity contribution in [2.75, 3.05) is 11.9 Å². The normalized spacial score (nSPS) is 15.7. The molecule has 33 heavy (non-hydrogen) atoms. The standard InChI is InChI=1S/C26H22N3OS3/c1-4-29-22(33-24(25(29)30)26-27(2)18-11-7-8-12-19(18)32-26)15-21-28(3)23-17-10-6-5-9-16(17)13-14-20(23)31-21/h5-15H,4H2,1-3H3/q+1/b26-24+. The zero-order chi connectivity index (χ0) is 22.7. The third kappa shape index (κ3) is 3.18. The molecule has 5 aromatic rings. The van der Waals surface area contributed by atoms with Crippen molar-refractivity contribution in [2.24, 2.45) is 7.05 Å². The van der Waals surface area contributed by atoms with Gasteiger partial charge in [0.2, 0.25) is 5.52 Å². The second kappa shape index (κ2) is 7.87. The summed E-state index contributed by atoms with van der Waals surface area (Å²) >= 11 is 5.04. The van der Waals surface area contributed by atoms with E-state index in [4.69, 9.17) is 0 Å². The number of para-hydroxylation sites is 1. The maximum absolute atomic E-state index is 13.4. The molecule has 6 rings (SSSR count). The SMILES string of the molecule is CCn1c(=O)/c(=C2\Sc3ccccc3N2C)s/c1=C/c1sc2ccc3ccccc3c2[n+]1C. The predicted octanol–water partition coefficient (Wildman–Crippen LogP) is 4.26. The number of thiazole rings is 2. The average molecular weight is 489 g/mol. The van der Waals surface area contributed by atoms with Crippen molar-refractivity contribution in [1.29, 1.82) is 0 Å². The lowest BCUT2D eigenvalue weighted by Gasteiger charge is -2.11. The molecule has 3 aromatic carbocycles. The molecule has 3 heterocycles. The van der Waals surface area contributed by atoms with E-state index >= 15 is 0 Å². The molecule has 1 aliphatic rings. The van der Waals surface area contributed by atoms with Gasteiger partial charge >= 0.3 is 0 Å². The lowest BCUT2D eigenvalue weighted by molar-refractivity contribution is -0.641. The van der Waals surface area contributed by atoms with E-state index in [-0.39, 0.29) is 5.56 Å². The number of aromatic nitrogens is 2. The summed E-state index contributed by atoms with van der Waals surface area (Å²) in [6.45, 7) is 2.69. The molecule has 0 amide bonds. The molecule has 4 nitrogen and oxygen atoms in total. The molecule has 0 N–H and O–H groups in total. The fourth-order valence-corrected chi connectivity index (χ4v) is 8.09. The zero-order valence-electron chi connectivity index (χ0n) is 18.5. The highest BCUT2D eigenvalue weighted by Crippen LogP contribution is 2.44. The molecule has 0 spiro atoms. The van der Waals surface area contributed by atoms with Gasteiger partial charge in [-0.25, -0.2) is 0 Å². The van der Waals surface area contributed by atoms with E-state index in [1.807, 2.05) is 30.7 Å². The number of hydrogen-bond donors (Lipinski definition) is 0. The Hall–Kier alpha value is -2.87. The van der Waals surface area contributed by atoms with Crippen LogP contribution in [0.5, 0.6) is 0 Å². The minimum atomic E-state index is 0.0881. The number of rotatable bonds is 2. The topological polar surface area (TPSA) is 29.1 Å². The van der Waals surface area contributed by atoms with E-state index in [0.29, 0.717) is 6.54 Å². The molecule has 0 radical (unpaired) electrons. The van der Waals surface area contributed by atoms with E-state index in [0.717, 1.165) is 24.9 Å². The van der Waals surface area contributed by atoms with Gasteiger partial charge in [-0.15, -0.1) is 11.3 Å². The van der Waals surface area contributed by atoms with Gasteiger partial charge in [0, 0.05) is 18.5 Å². The Labute approximate surface area is 203 Å². The second-order valence-corrected chi connectivity index (χ2v) is 11.2. The van der Waals surface area contributed by atoms with E-state index < -0.39 is 0 Å². The fraction of sp³-hybridized carbons (Fsp3) is 0.154. The molecule has 2 aromatic heterocycles. The summed E-state index contributed by atoms with van der Waals surface area (Å²) < 4.78 is 7.20. The molecule has 0 saturated heterocycles. The van der Waals surface area contributed by atoms with Crippen LogP contribution in [0.2, 0.25) is 0 Å². The quantitative estimate of drug-likeness (QED) is 0.348. The van der Waals surface area contributed by atoms with Crippen LogP contribution >= 0.6 is 34.4 Å². The van der Waals surface area contributed by atoms with Crippen LogP contribution in [0.1, 0.15) is 11.9 Å². The van der Waals surface area contributed by atoms with Crippen LogP contribution < -0.4 is 24.2 Å². The van der Waals surface area contributed by atoms with Crippen LogP contribution in [0, 0.1) is 0 Å². The highest BCUT2D eigenvalue weighted by Gasteiger charge is 2.24. The number of benzene rings is 3. The number of nitrogens with zero attached hydrogens (tertiary/aromatic N) is 3. The first-order valence-electron chi connectivity index (χ1n) is 10.8. The summed E-state index contributed by atoms with van der Waals surface area (Å²) in [5.74, 6) is 0. The van der Waals surface area contributed by atoms with Crippen LogP contribution in [0.4, 0.5) is 5.69 Å². The number of anilines is 1. The predicted molar refractivity (Wildman–Crippen MR) is 142 cm³/mol. The summed E-state index contributed by atoms with van der Waals surface area (Å²) in [4.78, 5) is 16.8. The van der Waals surface area contributed by atoms with Crippen LogP contribution in [0.25, 0.3) is 32.1 Å². The van der Waals surface area contributed by atoms with Crippen molar-refractivity contribution in [1.82, 2.24) is 4.57 Å². The first-order chi connectivity index (χ1) is 16.1. The van der Waals surface area contributed by atoms with Crippen molar-refractivity contribution < 1.29 is 4.57 Å². The Kier molecular flexibility index (Phi) is 4.94. The lowest BCUT2D eigenvalue weighted by Crippen LogP contribution is -2.34. The Balaban J connectivity index is 1.58. The summed E-state index contributed by atoms with van der Waals surface area (Å²) in [5.41, 5.74) is 2.48. The van der Waals surface area contributed by atoms with Crippen LogP contribution in [-0.2, 0) is 13.6 Å². The molecule has 164 valence electrons. The summed E-state index contributed by atoms with van der Waals surface area (Å²) in [5, 5.41) is 4.65. The van der Waals surface area contributed by atoms with Gasteiger partial charge in [-0.2, -0.15) is 4.57 Å². The molecule has 0 aliphatic carbocycles. The Morgan fingerprint density at radius 2 is 1.79 bits per heavy atom. The number of aryl methyl sites for hydroxylation is 1. The van der Waals surface area contributed by atoms with Gasteiger partial charge in [-0.1, -0.05) is 59.5 Å². The monoisotopic (exact) mass is 488 g/mol. The van der Waals surface area contributed by atoms with Crippen molar-refractivity contribution in [3.8, 4) is 0 Å². The Morgan fingerprint density at radius 1 is 1.00 bits per heavy atom. The molecule has 1 aliphatic heterocycles. The first-order valence-corrected chi connectivity index (χ1v) is 13.3. The van der Waals surface area contributed by atoms with Crippen LogP contribution in [0.3, 0.4) is 0 Å². The summed E-state index contributed by atoms with van der Waals surface area (Å²) in [6.07, 6.45) is 2.17. The maximum Gasteiger partial charge on any atom is 0.271 e. The fourth-order valence-electron chi connectivity index (χ4n) is 4.46. The first kappa shape index (κ1) is 20.7. The lowest BCUT2D eigenvalue weighted by atomic mass is 10.1. The van der Waals surface area contributed by atoms with E-state index in [1.165, 1.54) is 25.9 Å². The van der Waals surface area contributed by atoms with Gasteiger partial charge in [0.25, 0.3) is 10.6 Å². The molecule has 0 unspecified atom stereocenters. The van der Waals surface area contributed by atoms with Crippen molar-refractivity contribution >= 4 is 72.2 Å². The smallest absolute Gasteiger partial charge is 0.271 e. The third-order valence-corrected chi connectivity index (χ3v) is 9.79. The number of hydrogen-bond acceptors (Lipinski definition) is 5. The van der Waals surface area contributed by atoms with Gasteiger partial charge in [0.05, 0.1) is 17.1 Å². The van der Waals surface area contributed by atoms with Crippen molar-refractivity contribution in [3.05, 3.63) is 85.2 Å². The van der Waals surface area contributed by atoms with Crippen LogP contribution in [-0.4, -0.2) is 11.6 Å². The minimum Gasteiger partial charge on any atom is -0.337 e. The van der Waals surface area contributed by atoms with Crippen molar-refractivity contribution in [3.63, 3.8) is 0 Å². The number of thioether (sulfide) groups is 1. The van der Waals surface area contributed by atoms with Crippen LogP contribution in [0.15, 0.2) is 70.4 Å². The average Bonchev–Trinajstić information content (AvgIpc) is 3.45. The van der Waals surface area contributed by atoms with E-state index in [2.05, 4.69) is 71.1 Å². The highest BCUT2D eigenvalue weighted by atomic mass is 32.2. The molecular formula is C26H22N3OS3+. The van der Waals surface area contributed by atoms with E-state index in [1.54, 1.807) is 34.4 Å². The summed E-state index contributed by atoms with van der Waals surface area (Å²) in [7, 11) is 4.16. The van der Waals surface area contributed by atoms with Gasteiger partial charge in [0.15, 0.2) is 0 Å². The Bertz CT molecular complexity index is 1740. The van der Waals surface area contributed by atoms with Gasteiger partial charge in [0.1, 0.15) is 26.0 Å². The Morgan fingerprint density at radius 3 is 2.61 bits per heavy atom. The molecular weight excluding hydrogens is 467 g/mol. The van der Waals surface area contributed by atoms with Gasteiger partial charge in [-0.3, -0.25) is 9.36 Å². The van der Waals surface area contributed by atoms with Gasteiger partial charge in [-0.05, 0) is 36.6 Å². The maximum atomic E-state index is 13.4. The van der Waals surface area contributed by atoms with E-state index in [9.17, 15) is 4.79 Å².